The van der Waals surface area contributed by atoms with E-state index in [1.54, 1.807) is 6.33 Å². The van der Waals surface area contributed by atoms with Crippen LogP contribution in [0.5, 0.6) is 0 Å². The summed E-state index contributed by atoms with van der Waals surface area (Å²) in [6, 6.07) is 8.55. The number of H-pyrrole nitrogens is 1. The molecule has 1 fully saturated rings. The summed E-state index contributed by atoms with van der Waals surface area (Å²) >= 11 is 0. The van der Waals surface area contributed by atoms with Gasteiger partial charge in [-0.1, -0.05) is 25.5 Å². The number of imidazole rings is 1. The normalized spacial score (nSPS) is 13.8. The minimum Gasteiger partial charge on any atom is -0.353 e. The van der Waals surface area contributed by atoms with Crippen molar-refractivity contribution in [3.8, 4) is 16.8 Å². The number of pyridine rings is 2. The molecular formula is C31H34N8. The lowest BCUT2D eigenvalue weighted by molar-refractivity contribution is 0.489. The maximum Gasteiger partial charge on any atom is 0.116 e. The van der Waals surface area contributed by atoms with Crippen molar-refractivity contribution >= 4 is 22.3 Å². The molecule has 1 aromatic carbocycles. The lowest BCUT2D eigenvalue weighted by atomic mass is 10.0. The van der Waals surface area contributed by atoms with Gasteiger partial charge in [-0.2, -0.15) is 5.10 Å². The number of aromatic nitrogens is 6. The van der Waals surface area contributed by atoms with E-state index >= 15 is 0 Å². The van der Waals surface area contributed by atoms with Gasteiger partial charge < -0.3 is 15.2 Å². The number of fused-ring (bicyclic) bond motifs is 1. The summed E-state index contributed by atoms with van der Waals surface area (Å²) in [7, 11) is 0. The van der Waals surface area contributed by atoms with Crippen LogP contribution in [-0.2, 0) is 6.54 Å². The van der Waals surface area contributed by atoms with E-state index in [0.29, 0.717) is 5.70 Å². The summed E-state index contributed by atoms with van der Waals surface area (Å²) in [5.74, 6) is 0.821. The van der Waals surface area contributed by atoms with E-state index < -0.39 is 0 Å². The number of rotatable bonds is 9. The Morgan fingerprint density at radius 1 is 1.05 bits per heavy atom. The van der Waals surface area contributed by atoms with Crippen LogP contribution in [0.4, 0.5) is 5.69 Å². The third-order valence-corrected chi connectivity index (χ3v) is 7.68. The topological polar surface area (TPSA) is 96.3 Å². The van der Waals surface area contributed by atoms with Gasteiger partial charge >= 0.3 is 0 Å². The van der Waals surface area contributed by atoms with Crippen molar-refractivity contribution in [1.82, 2.24) is 35.0 Å². The predicted molar refractivity (Wildman–Crippen MR) is 156 cm³/mol. The quantitative estimate of drug-likeness (QED) is 0.215. The smallest absolute Gasteiger partial charge is 0.116 e. The van der Waals surface area contributed by atoms with E-state index in [2.05, 4.69) is 73.6 Å². The van der Waals surface area contributed by atoms with Crippen LogP contribution in [-0.4, -0.2) is 36.3 Å². The molecule has 39 heavy (non-hydrogen) atoms. The zero-order valence-corrected chi connectivity index (χ0v) is 22.5. The summed E-state index contributed by atoms with van der Waals surface area (Å²) in [5, 5.41) is 15.8. The van der Waals surface area contributed by atoms with Gasteiger partial charge in [0.05, 0.1) is 47.0 Å². The average molecular weight is 519 g/mol. The van der Waals surface area contributed by atoms with Crippen LogP contribution in [0.2, 0.25) is 0 Å². The molecule has 198 valence electrons. The fourth-order valence-electron chi connectivity index (χ4n) is 5.48. The van der Waals surface area contributed by atoms with Crippen molar-refractivity contribution in [2.24, 2.45) is 5.92 Å². The van der Waals surface area contributed by atoms with E-state index in [9.17, 15) is 0 Å². The van der Waals surface area contributed by atoms with Gasteiger partial charge in [-0.3, -0.25) is 15.1 Å². The highest BCUT2D eigenvalue weighted by Gasteiger charge is 2.15. The van der Waals surface area contributed by atoms with Crippen molar-refractivity contribution in [1.29, 1.82) is 0 Å². The van der Waals surface area contributed by atoms with E-state index in [1.165, 1.54) is 31.2 Å². The monoisotopic (exact) mass is 518 g/mol. The number of aromatic amines is 1. The number of aryl methyl sites for hydroxylation is 1. The number of nitrogens with zero attached hydrogens (tertiary/aromatic N) is 5. The molecule has 0 unspecified atom stereocenters. The molecule has 0 atom stereocenters. The zero-order valence-electron chi connectivity index (χ0n) is 22.5. The van der Waals surface area contributed by atoms with E-state index in [0.717, 1.165) is 69.4 Å². The highest BCUT2D eigenvalue weighted by atomic mass is 15.1. The maximum atomic E-state index is 4.59. The van der Waals surface area contributed by atoms with Crippen LogP contribution >= 0.6 is 0 Å². The van der Waals surface area contributed by atoms with Crippen LogP contribution in [0.15, 0.2) is 68.2 Å². The second-order valence-corrected chi connectivity index (χ2v) is 10.6. The SMILES string of the molecule is C=C(Nc1cncc(-n2cnc(C)c2)c1C)c1n[nH]c2ccc(-c3cncc(CNCC4CCCC4)c3)cc12. The Morgan fingerprint density at radius 3 is 2.72 bits per heavy atom. The van der Waals surface area contributed by atoms with Crippen molar-refractivity contribution in [2.75, 3.05) is 11.9 Å². The number of benzene rings is 1. The Hall–Kier alpha value is -4.30. The highest BCUT2D eigenvalue weighted by molar-refractivity contribution is 5.95. The Kier molecular flexibility index (Phi) is 6.94. The molecule has 4 heterocycles. The molecule has 1 saturated carbocycles. The van der Waals surface area contributed by atoms with E-state index in [1.807, 2.05) is 42.5 Å². The van der Waals surface area contributed by atoms with E-state index in [4.69, 9.17) is 0 Å². The van der Waals surface area contributed by atoms with E-state index in [-0.39, 0.29) is 0 Å². The maximum absolute atomic E-state index is 4.59. The first-order chi connectivity index (χ1) is 19.0. The Labute approximate surface area is 228 Å². The van der Waals surface area contributed by atoms with Crippen LogP contribution in [0.3, 0.4) is 0 Å². The van der Waals surface area contributed by atoms with Gasteiger partial charge in [0.15, 0.2) is 0 Å². The summed E-state index contributed by atoms with van der Waals surface area (Å²) in [6.45, 7) is 10.3. The Bertz CT molecular complexity index is 1620. The standard InChI is InChI=1S/C31H34N8/c1-20-18-39(19-35-20)30-17-34-16-29(21(30)2)36-22(3)31-27-11-25(8-9-28(27)37-38-31)26-10-24(14-33-15-26)13-32-12-23-6-4-5-7-23/h8-11,14-19,23,32,36H,3-7,12-13H2,1-2H3,(H,37,38). The van der Waals surface area contributed by atoms with Crippen molar-refractivity contribution < 1.29 is 0 Å². The van der Waals surface area contributed by atoms with Crippen molar-refractivity contribution in [2.45, 2.75) is 46.1 Å². The van der Waals surface area contributed by atoms with Crippen LogP contribution < -0.4 is 10.6 Å². The van der Waals surface area contributed by atoms with Gasteiger partial charge in [0.1, 0.15) is 5.69 Å². The van der Waals surface area contributed by atoms with Crippen LogP contribution in [0.1, 0.15) is 48.2 Å². The lowest BCUT2D eigenvalue weighted by Crippen LogP contribution is -2.20. The Morgan fingerprint density at radius 2 is 1.90 bits per heavy atom. The summed E-state index contributed by atoms with van der Waals surface area (Å²) in [4.78, 5) is 13.3. The minimum atomic E-state index is 0.699. The Balaban J connectivity index is 1.21. The molecule has 0 radical (unpaired) electrons. The number of nitrogens with one attached hydrogen (secondary N) is 3. The van der Waals surface area contributed by atoms with Crippen molar-refractivity contribution in [3.63, 3.8) is 0 Å². The minimum absolute atomic E-state index is 0.699. The molecule has 0 aliphatic heterocycles. The molecule has 3 N–H and O–H groups in total. The van der Waals surface area contributed by atoms with Crippen molar-refractivity contribution in [3.05, 3.63) is 90.7 Å². The molecular weight excluding hydrogens is 484 g/mol. The molecule has 1 aliphatic carbocycles. The molecule has 6 rings (SSSR count). The lowest BCUT2D eigenvalue weighted by Gasteiger charge is -2.14. The predicted octanol–water partition coefficient (Wildman–Crippen LogP) is 6.19. The van der Waals surface area contributed by atoms with Crippen LogP contribution in [0.25, 0.3) is 33.4 Å². The molecule has 0 spiro atoms. The average Bonchev–Trinajstić information content (AvgIpc) is 3.71. The third kappa shape index (κ3) is 5.33. The van der Waals surface area contributed by atoms with Gasteiger partial charge in [0, 0.05) is 36.1 Å². The molecule has 0 amide bonds. The second kappa shape index (κ2) is 10.8. The number of anilines is 1. The van der Waals surface area contributed by atoms with Crippen LogP contribution in [0, 0.1) is 19.8 Å². The molecule has 8 heteroatoms. The summed E-state index contributed by atoms with van der Waals surface area (Å²) < 4.78 is 1.98. The molecule has 4 aromatic heterocycles. The van der Waals surface area contributed by atoms with Gasteiger partial charge in [-0.25, -0.2) is 4.98 Å². The number of hydrogen-bond acceptors (Lipinski definition) is 6. The fourth-order valence-corrected chi connectivity index (χ4v) is 5.48. The number of hydrogen-bond donors (Lipinski definition) is 3. The van der Waals surface area contributed by atoms with Gasteiger partial charge in [-0.05, 0) is 74.0 Å². The zero-order chi connectivity index (χ0) is 26.8. The second-order valence-electron chi connectivity index (χ2n) is 10.6. The molecule has 8 nitrogen and oxygen atoms in total. The summed E-state index contributed by atoms with van der Waals surface area (Å²) in [6.07, 6.45) is 16.8. The first kappa shape index (κ1) is 25.0. The fraction of sp³-hybridized carbons (Fsp3) is 0.290. The third-order valence-electron chi connectivity index (χ3n) is 7.68. The van der Waals surface area contributed by atoms with Gasteiger partial charge in [0.2, 0.25) is 0 Å². The first-order valence-corrected chi connectivity index (χ1v) is 13.6. The molecule has 1 aliphatic rings. The molecule has 0 bridgehead atoms. The molecule has 0 saturated heterocycles. The largest absolute Gasteiger partial charge is 0.353 e. The van der Waals surface area contributed by atoms with Gasteiger partial charge in [-0.15, -0.1) is 0 Å². The van der Waals surface area contributed by atoms with Gasteiger partial charge in [0.25, 0.3) is 0 Å². The molecule has 5 aromatic rings. The first-order valence-electron chi connectivity index (χ1n) is 13.6. The highest BCUT2D eigenvalue weighted by Crippen LogP contribution is 2.30. The summed E-state index contributed by atoms with van der Waals surface area (Å²) in [5.41, 5.74) is 9.65.